The minimum absolute atomic E-state index is 0. The molecular weight excluding hydrogens is 382 g/mol. The highest BCUT2D eigenvalue weighted by Crippen LogP contribution is 2.39. The van der Waals surface area contributed by atoms with E-state index in [2.05, 4.69) is 16.5 Å². The number of para-hydroxylation sites is 1. The zero-order valence-electron chi connectivity index (χ0n) is 15.7. The van der Waals surface area contributed by atoms with Crippen LogP contribution in [0.4, 0.5) is 0 Å². The molecule has 0 bridgehead atoms. The molecule has 5 nitrogen and oxygen atoms in total. The first kappa shape index (κ1) is 20.1. The number of hydrogen-bond acceptors (Lipinski definition) is 4. The van der Waals surface area contributed by atoms with Crippen molar-refractivity contribution >= 4 is 33.3 Å². The number of rotatable bonds is 3. The molecule has 1 atom stereocenters. The van der Waals surface area contributed by atoms with Crippen LogP contribution < -0.4 is 5.32 Å². The van der Waals surface area contributed by atoms with E-state index in [0.717, 1.165) is 36.9 Å². The Morgan fingerprint density at radius 2 is 1.93 bits per heavy atom. The van der Waals surface area contributed by atoms with Gasteiger partial charge in [0.25, 0.3) is 10.0 Å². The van der Waals surface area contributed by atoms with E-state index >= 15 is 0 Å². The van der Waals surface area contributed by atoms with E-state index in [1.807, 2.05) is 44.2 Å². The fourth-order valence-corrected chi connectivity index (χ4v) is 5.96. The van der Waals surface area contributed by atoms with Crippen molar-refractivity contribution in [2.75, 3.05) is 13.1 Å². The first-order valence-electron chi connectivity index (χ1n) is 9.19. The van der Waals surface area contributed by atoms with Gasteiger partial charge in [-0.05, 0) is 58.2 Å². The highest BCUT2D eigenvalue weighted by molar-refractivity contribution is 7.91. The quantitative estimate of drug-likeness (QED) is 0.843. The average molecular weight is 408 g/mol. The van der Waals surface area contributed by atoms with Gasteiger partial charge in [-0.25, -0.2) is 8.42 Å². The molecule has 1 saturated heterocycles. The smallest absolute Gasteiger partial charge is 0.263 e. The number of halogens is 1. The minimum Gasteiger partial charge on any atom is -0.317 e. The molecule has 0 radical (unpaired) electrons. The summed E-state index contributed by atoms with van der Waals surface area (Å²) in [5.74, 6) is 0.462. The summed E-state index contributed by atoms with van der Waals surface area (Å²) >= 11 is 0. The molecule has 0 saturated carbocycles. The summed E-state index contributed by atoms with van der Waals surface area (Å²) in [6, 6.07) is 7.44. The Morgan fingerprint density at radius 3 is 2.67 bits per heavy atom. The SMILES string of the molecule is CC1=CC(C)(S(=O)(=O)n2ncc3ccccc32)CC(C2CCNCC2)=C1.Cl. The van der Waals surface area contributed by atoms with Crippen LogP contribution in [0.2, 0.25) is 0 Å². The van der Waals surface area contributed by atoms with Crippen LogP contribution in [0.5, 0.6) is 0 Å². The van der Waals surface area contributed by atoms with Gasteiger partial charge in [0.15, 0.2) is 0 Å². The van der Waals surface area contributed by atoms with E-state index in [0.29, 0.717) is 17.9 Å². The molecule has 1 unspecified atom stereocenters. The number of allylic oxidation sites excluding steroid dienone is 3. The van der Waals surface area contributed by atoms with Crippen LogP contribution >= 0.6 is 12.4 Å². The molecule has 2 aromatic rings. The molecule has 0 amide bonds. The Labute approximate surface area is 167 Å². The van der Waals surface area contributed by atoms with Gasteiger partial charge >= 0.3 is 0 Å². The summed E-state index contributed by atoms with van der Waals surface area (Å²) in [7, 11) is -3.68. The molecule has 1 aliphatic carbocycles. The molecular formula is C20H26ClN3O2S. The highest BCUT2D eigenvalue weighted by atomic mass is 35.5. The third kappa shape index (κ3) is 3.46. The number of aromatic nitrogens is 2. The summed E-state index contributed by atoms with van der Waals surface area (Å²) in [4.78, 5) is 0. The second kappa shape index (κ2) is 7.41. The number of nitrogens with zero attached hydrogens (tertiary/aromatic N) is 2. The van der Waals surface area contributed by atoms with Gasteiger partial charge in [0.2, 0.25) is 0 Å². The second-order valence-electron chi connectivity index (χ2n) is 7.67. The van der Waals surface area contributed by atoms with Gasteiger partial charge in [-0.3, -0.25) is 0 Å². The lowest BCUT2D eigenvalue weighted by molar-refractivity contribution is 0.403. The van der Waals surface area contributed by atoms with Crippen LogP contribution in [0.3, 0.4) is 0 Å². The van der Waals surface area contributed by atoms with E-state index in [1.165, 1.54) is 9.66 Å². The number of nitrogens with one attached hydrogen (secondary N) is 1. The van der Waals surface area contributed by atoms with E-state index in [4.69, 9.17) is 0 Å². The van der Waals surface area contributed by atoms with Crippen molar-refractivity contribution in [3.8, 4) is 0 Å². The summed E-state index contributed by atoms with van der Waals surface area (Å²) in [6.07, 6.45) is 8.38. The van der Waals surface area contributed by atoms with Gasteiger partial charge in [-0.1, -0.05) is 41.5 Å². The predicted molar refractivity (Wildman–Crippen MR) is 112 cm³/mol. The van der Waals surface area contributed by atoms with Crippen molar-refractivity contribution in [3.05, 3.63) is 53.8 Å². The summed E-state index contributed by atoms with van der Waals surface area (Å²) < 4.78 is 27.4. The standard InChI is InChI=1S/C20H25N3O2S.ClH/c1-15-11-18(16-7-9-21-10-8-16)13-20(2,12-15)26(24,25)23-19-6-4-3-5-17(19)14-22-23;/h3-6,11-12,14,16,21H,7-10,13H2,1-2H3;1H. The topological polar surface area (TPSA) is 64.0 Å². The first-order valence-corrected chi connectivity index (χ1v) is 10.6. The summed E-state index contributed by atoms with van der Waals surface area (Å²) in [5, 5.41) is 8.44. The minimum atomic E-state index is -3.68. The Bertz CT molecular complexity index is 1000. The molecule has 1 aromatic carbocycles. The van der Waals surface area contributed by atoms with Crippen LogP contribution in [0.15, 0.2) is 53.8 Å². The molecule has 7 heteroatoms. The Balaban J connectivity index is 0.00000210. The maximum Gasteiger partial charge on any atom is 0.263 e. The second-order valence-corrected chi connectivity index (χ2v) is 9.90. The molecule has 1 aliphatic heterocycles. The van der Waals surface area contributed by atoms with Gasteiger partial charge in [-0.15, -0.1) is 12.4 Å². The zero-order chi connectivity index (χ0) is 18.4. The largest absolute Gasteiger partial charge is 0.317 e. The van der Waals surface area contributed by atoms with Gasteiger partial charge in [0.1, 0.15) is 4.75 Å². The van der Waals surface area contributed by atoms with Gasteiger partial charge < -0.3 is 5.32 Å². The van der Waals surface area contributed by atoms with Crippen LogP contribution in [0, 0.1) is 5.92 Å². The lowest BCUT2D eigenvalue weighted by Gasteiger charge is -2.35. The van der Waals surface area contributed by atoms with Crippen LogP contribution in [0.25, 0.3) is 10.9 Å². The van der Waals surface area contributed by atoms with Crippen LogP contribution in [0.1, 0.15) is 33.1 Å². The Morgan fingerprint density at radius 1 is 1.22 bits per heavy atom. The number of fused-ring (bicyclic) bond motifs is 1. The third-order valence-electron chi connectivity index (χ3n) is 5.63. The fraction of sp³-hybridized carbons (Fsp3) is 0.450. The average Bonchev–Trinajstić information content (AvgIpc) is 3.06. The van der Waals surface area contributed by atoms with E-state index in [1.54, 1.807) is 6.20 Å². The van der Waals surface area contributed by atoms with Crippen molar-refractivity contribution in [3.63, 3.8) is 0 Å². The van der Waals surface area contributed by atoms with Gasteiger partial charge in [-0.2, -0.15) is 9.19 Å². The van der Waals surface area contributed by atoms with Crippen molar-refractivity contribution in [1.82, 2.24) is 14.5 Å². The Kier molecular flexibility index (Phi) is 5.52. The molecule has 27 heavy (non-hydrogen) atoms. The van der Waals surface area contributed by atoms with Gasteiger partial charge in [0, 0.05) is 5.39 Å². The summed E-state index contributed by atoms with van der Waals surface area (Å²) in [5.41, 5.74) is 2.92. The predicted octanol–water partition coefficient (Wildman–Crippen LogP) is 3.67. The lowest BCUT2D eigenvalue weighted by Crippen LogP contribution is -2.41. The van der Waals surface area contributed by atoms with E-state index in [9.17, 15) is 8.42 Å². The number of benzene rings is 1. The van der Waals surface area contributed by atoms with Gasteiger partial charge in [0.05, 0.1) is 11.7 Å². The fourth-order valence-electron chi connectivity index (χ4n) is 4.28. The molecule has 1 fully saturated rings. The van der Waals surface area contributed by atoms with Crippen molar-refractivity contribution in [2.45, 2.75) is 37.9 Å². The van der Waals surface area contributed by atoms with Crippen LogP contribution in [-0.2, 0) is 10.0 Å². The normalized spacial score (nSPS) is 24.2. The Hall–Kier alpha value is -1.63. The number of hydrogen-bond donors (Lipinski definition) is 1. The van der Waals surface area contributed by atoms with Crippen molar-refractivity contribution in [1.29, 1.82) is 0 Å². The van der Waals surface area contributed by atoms with E-state index in [-0.39, 0.29) is 12.4 Å². The zero-order valence-corrected chi connectivity index (χ0v) is 17.3. The maximum absolute atomic E-state index is 13.6. The molecule has 0 spiro atoms. The maximum atomic E-state index is 13.6. The lowest BCUT2D eigenvalue weighted by atomic mass is 9.80. The number of piperidine rings is 1. The van der Waals surface area contributed by atoms with Crippen molar-refractivity contribution < 1.29 is 8.42 Å². The molecule has 1 aromatic heterocycles. The first-order chi connectivity index (χ1) is 12.4. The molecule has 146 valence electrons. The molecule has 4 rings (SSSR count). The molecule has 2 aliphatic rings. The third-order valence-corrected chi connectivity index (χ3v) is 7.81. The molecule has 2 heterocycles. The monoisotopic (exact) mass is 407 g/mol. The van der Waals surface area contributed by atoms with E-state index < -0.39 is 14.8 Å². The highest BCUT2D eigenvalue weighted by Gasteiger charge is 2.43. The van der Waals surface area contributed by atoms with Crippen LogP contribution in [-0.4, -0.2) is 35.4 Å². The summed E-state index contributed by atoms with van der Waals surface area (Å²) in [6.45, 7) is 5.82. The van der Waals surface area contributed by atoms with Crippen molar-refractivity contribution in [2.24, 2.45) is 5.92 Å². The molecule has 1 N–H and O–H groups in total.